The molecule has 150 valence electrons. The van der Waals surface area contributed by atoms with Crippen molar-refractivity contribution in [2.75, 3.05) is 49.5 Å². The van der Waals surface area contributed by atoms with Crippen LogP contribution in [0.15, 0.2) is 24.3 Å². The van der Waals surface area contributed by atoms with E-state index in [9.17, 15) is 9.59 Å². The Morgan fingerprint density at radius 2 is 2.04 bits per heavy atom. The van der Waals surface area contributed by atoms with Gasteiger partial charge in [-0.15, -0.1) is 5.10 Å². The van der Waals surface area contributed by atoms with Gasteiger partial charge >= 0.3 is 6.03 Å². The fourth-order valence-electron chi connectivity index (χ4n) is 2.80. The van der Waals surface area contributed by atoms with Crippen LogP contribution in [0.1, 0.15) is 16.9 Å². The summed E-state index contributed by atoms with van der Waals surface area (Å²) in [4.78, 5) is 28.5. The van der Waals surface area contributed by atoms with Crippen LogP contribution < -0.4 is 15.5 Å². The topological polar surface area (TPSA) is 111 Å². The highest BCUT2D eigenvalue weighted by Gasteiger charge is 2.24. The molecule has 0 radical (unpaired) electrons. The highest BCUT2D eigenvalue weighted by atomic mass is 35.5. The number of nitrogens with zero attached hydrogens (tertiary/aromatic N) is 4. The monoisotopic (exact) mass is 424 g/mol. The zero-order chi connectivity index (χ0) is 19.9. The summed E-state index contributed by atoms with van der Waals surface area (Å²) in [5.41, 5.74) is 1.11. The van der Waals surface area contributed by atoms with Crippen LogP contribution in [0.25, 0.3) is 0 Å². The Balaban J connectivity index is 1.54. The summed E-state index contributed by atoms with van der Waals surface area (Å²) >= 11 is 7.00. The number of hydrogen-bond acceptors (Lipinski definition) is 7. The molecule has 0 unspecified atom stereocenters. The lowest BCUT2D eigenvalue weighted by atomic mass is 10.2. The standard InChI is InChI=1S/C17H21ClN6O3S/c18-12-3-1-4-13(11-12)23-6-8-24(9-7-23)17(27)20-16-14(21-22-28-16)15(26)19-5-2-10-25/h1,3-4,11,25H,2,5-10H2,(H,19,26)(H,20,27). The number of amides is 3. The number of urea groups is 1. The zero-order valence-corrected chi connectivity index (χ0v) is 16.7. The van der Waals surface area contributed by atoms with Crippen molar-refractivity contribution in [1.82, 2.24) is 19.8 Å². The summed E-state index contributed by atoms with van der Waals surface area (Å²) in [5.74, 6) is -0.428. The fourth-order valence-corrected chi connectivity index (χ4v) is 3.54. The van der Waals surface area contributed by atoms with Gasteiger partial charge in [0, 0.05) is 61.6 Å². The Morgan fingerprint density at radius 1 is 1.25 bits per heavy atom. The molecule has 1 aromatic heterocycles. The van der Waals surface area contributed by atoms with Gasteiger partial charge in [0.2, 0.25) is 0 Å². The molecule has 2 aromatic rings. The zero-order valence-electron chi connectivity index (χ0n) is 15.1. The van der Waals surface area contributed by atoms with E-state index in [4.69, 9.17) is 16.7 Å². The molecule has 1 aromatic carbocycles. The van der Waals surface area contributed by atoms with Gasteiger partial charge in [-0.25, -0.2) is 4.79 Å². The van der Waals surface area contributed by atoms with Gasteiger partial charge in [0.1, 0.15) is 0 Å². The average Bonchev–Trinajstić information content (AvgIpc) is 3.16. The minimum atomic E-state index is -0.428. The number of carbonyl (C=O) groups excluding carboxylic acids is 2. The molecule has 1 aliphatic heterocycles. The van der Waals surface area contributed by atoms with Gasteiger partial charge in [0.15, 0.2) is 10.7 Å². The molecule has 0 bridgehead atoms. The van der Waals surface area contributed by atoms with Gasteiger partial charge in [0.25, 0.3) is 5.91 Å². The van der Waals surface area contributed by atoms with Crippen LogP contribution in [0.2, 0.25) is 5.02 Å². The van der Waals surface area contributed by atoms with Crippen molar-refractivity contribution in [2.24, 2.45) is 0 Å². The number of piperazine rings is 1. The predicted molar refractivity (Wildman–Crippen MR) is 108 cm³/mol. The predicted octanol–water partition coefficient (Wildman–Crippen LogP) is 1.66. The molecule has 0 spiro atoms. The Kier molecular flexibility index (Phi) is 7.01. The van der Waals surface area contributed by atoms with Gasteiger partial charge in [0.05, 0.1) is 0 Å². The third kappa shape index (κ3) is 5.09. The summed E-state index contributed by atoms with van der Waals surface area (Å²) in [5, 5.41) is 18.9. The van der Waals surface area contributed by atoms with E-state index < -0.39 is 5.91 Å². The first-order chi connectivity index (χ1) is 13.6. The van der Waals surface area contributed by atoms with Gasteiger partial charge in [-0.2, -0.15) is 0 Å². The molecule has 0 saturated carbocycles. The number of rotatable bonds is 6. The lowest BCUT2D eigenvalue weighted by molar-refractivity contribution is 0.0947. The molecular formula is C17H21ClN6O3S. The summed E-state index contributed by atoms with van der Waals surface area (Å²) in [7, 11) is 0. The third-order valence-corrected chi connectivity index (χ3v) is 5.16. The highest BCUT2D eigenvalue weighted by molar-refractivity contribution is 7.10. The number of halogens is 1. The van der Waals surface area contributed by atoms with Crippen LogP contribution in [0.3, 0.4) is 0 Å². The molecule has 11 heteroatoms. The van der Waals surface area contributed by atoms with E-state index in [2.05, 4.69) is 25.1 Å². The largest absolute Gasteiger partial charge is 0.396 e. The fraction of sp³-hybridized carbons (Fsp3) is 0.412. The highest BCUT2D eigenvalue weighted by Crippen LogP contribution is 2.22. The van der Waals surface area contributed by atoms with Crippen LogP contribution in [-0.2, 0) is 0 Å². The number of benzene rings is 1. The smallest absolute Gasteiger partial charge is 0.322 e. The summed E-state index contributed by atoms with van der Waals surface area (Å²) < 4.78 is 3.76. The first-order valence-electron chi connectivity index (χ1n) is 8.86. The summed E-state index contributed by atoms with van der Waals surface area (Å²) in [6, 6.07) is 7.34. The molecule has 1 saturated heterocycles. The average molecular weight is 425 g/mol. The molecule has 9 nitrogen and oxygen atoms in total. The van der Waals surface area contributed by atoms with Crippen molar-refractivity contribution < 1.29 is 14.7 Å². The lowest BCUT2D eigenvalue weighted by Gasteiger charge is -2.36. The van der Waals surface area contributed by atoms with Crippen LogP contribution >= 0.6 is 23.1 Å². The minimum absolute atomic E-state index is 0.0135. The number of anilines is 2. The third-order valence-electron chi connectivity index (χ3n) is 4.28. The van der Waals surface area contributed by atoms with Crippen molar-refractivity contribution in [3.8, 4) is 0 Å². The number of hydrogen-bond donors (Lipinski definition) is 3. The number of aliphatic hydroxyl groups excluding tert-OH is 1. The van der Waals surface area contributed by atoms with Crippen LogP contribution in [-0.4, -0.2) is 70.9 Å². The SMILES string of the molecule is O=C(NCCCO)c1nnsc1NC(=O)N1CCN(c2cccc(Cl)c2)CC1. The van der Waals surface area contributed by atoms with Crippen molar-refractivity contribution in [3.63, 3.8) is 0 Å². The molecule has 28 heavy (non-hydrogen) atoms. The van der Waals surface area contributed by atoms with E-state index in [1.165, 1.54) is 0 Å². The molecule has 0 aliphatic carbocycles. The molecule has 3 rings (SSSR count). The number of carbonyl (C=O) groups is 2. The maximum Gasteiger partial charge on any atom is 0.322 e. The summed E-state index contributed by atoms with van der Waals surface area (Å²) in [6.45, 7) is 2.77. The van der Waals surface area contributed by atoms with E-state index in [1.54, 1.807) is 4.90 Å². The minimum Gasteiger partial charge on any atom is -0.396 e. The Labute approximate surface area is 171 Å². The van der Waals surface area contributed by atoms with Crippen molar-refractivity contribution >= 4 is 45.8 Å². The number of nitrogens with one attached hydrogen (secondary N) is 2. The Hall–Kier alpha value is -2.43. The lowest BCUT2D eigenvalue weighted by Crippen LogP contribution is -2.50. The van der Waals surface area contributed by atoms with E-state index in [0.717, 1.165) is 17.2 Å². The van der Waals surface area contributed by atoms with Gasteiger partial charge < -0.3 is 20.2 Å². The number of aromatic nitrogens is 2. The van der Waals surface area contributed by atoms with Crippen molar-refractivity contribution in [1.29, 1.82) is 0 Å². The molecule has 1 aliphatic rings. The second kappa shape index (κ2) is 9.67. The quantitative estimate of drug-likeness (QED) is 0.608. The van der Waals surface area contributed by atoms with Crippen molar-refractivity contribution in [3.05, 3.63) is 35.0 Å². The second-order valence-electron chi connectivity index (χ2n) is 6.17. The van der Waals surface area contributed by atoms with E-state index in [-0.39, 0.29) is 18.3 Å². The van der Waals surface area contributed by atoms with Crippen LogP contribution in [0.4, 0.5) is 15.5 Å². The van der Waals surface area contributed by atoms with E-state index in [0.29, 0.717) is 49.2 Å². The van der Waals surface area contributed by atoms with Crippen LogP contribution in [0.5, 0.6) is 0 Å². The molecule has 1 fully saturated rings. The summed E-state index contributed by atoms with van der Waals surface area (Å²) in [6.07, 6.45) is 0.446. The van der Waals surface area contributed by atoms with Gasteiger partial charge in [-0.3, -0.25) is 10.1 Å². The number of aliphatic hydroxyl groups is 1. The maximum atomic E-state index is 12.6. The Morgan fingerprint density at radius 3 is 2.75 bits per heavy atom. The van der Waals surface area contributed by atoms with Crippen LogP contribution in [0, 0.1) is 0 Å². The normalized spacial score (nSPS) is 14.1. The first kappa shape index (κ1) is 20.3. The van der Waals surface area contributed by atoms with Crippen molar-refractivity contribution in [2.45, 2.75) is 6.42 Å². The second-order valence-corrected chi connectivity index (χ2v) is 7.36. The van der Waals surface area contributed by atoms with E-state index in [1.807, 2.05) is 24.3 Å². The molecule has 3 amide bonds. The van der Waals surface area contributed by atoms with Gasteiger partial charge in [-0.1, -0.05) is 22.2 Å². The Bertz CT molecular complexity index is 825. The molecule has 2 heterocycles. The molecule has 3 N–H and O–H groups in total. The maximum absolute atomic E-state index is 12.6. The first-order valence-corrected chi connectivity index (χ1v) is 10.0. The molecular weight excluding hydrogens is 404 g/mol. The van der Waals surface area contributed by atoms with E-state index >= 15 is 0 Å². The molecule has 0 atom stereocenters. The van der Waals surface area contributed by atoms with Gasteiger partial charge in [-0.05, 0) is 24.6 Å².